The molecular formula is C11H19NO. The van der Waals surface area contributed by atoms with E-state index in [2.05, 4.69) is 4.98 Å². The van der Waals surface area contributed by atoms with Gasteiger partial charge in [0.05, 0.1) is 5.69 Å². The van der Waals surface area contributed by atoms with Crippen LogP contribution in [0.3, 0.4) is 0 Å². The van der Waals surface area contributed by atoms with Gasteiger partial charge in [-0.25, -0.2) is 4.98 Å². The smallest absolute Gasteiger partial charge is 0.197 e. The molecule has 0 radical (unpaired) electrons. The van der Waals surface area contributed by atoms with Crippen molar-refractivity contribution in [3.8, 4) is 0 Å². The lowest BCUT2D eigenvalue weighted by atomic mass is 9.85. The first kappa shape index (κ1) is 10.3. The molecule has 0 amide bonds. The van der Waals surface area contributed by atoms with E-state index in [4.69, 9.17) is 4.42 Å². The second kappa shape index (κ2) is 4.45. The van der Waals surface area contributed by atoms with Crippen LogP contribution in [0.4, 0.5) is 0 Å². The molecule has 0 bridgehead atoms. The van der Waals surface area contributed by atoms with Crippen molar-refractivity contribution in [2.45, 2.75) is 52.9 Å². The number of rotatable bonds is 1. The maximum atomic E-state index is 5.51. The van der Waals surface area contributed by atoms with Gasteiger partial charge in [-0.2, -0.15) is 0 Å². The molecule has 0 atom stereocenters. The van der Waals surface area contributed by atoms with E-state index in [1.807, 2.05) is 27.7 Å². The monoisotopic (exact) mass is 181 g/mol. The van der Waals surface area contributed by atoms with Crippen molar-refractivity contribution in [2.24, 2.45) is 0 Å². The number of aryl methyl sites for hydroxylation is 2. The molecular weight excluding hydrogens is 162 g/mol. The van der Waals surface area contributed by atoms with E-state index in [1.165, 1.54) is 19.3 Å². The molecule has 1 aromatic rings. The molecule has 1 fully saturated rings. The number of nitrogens with zero attached hydrogens (tertiary/aromatic N) is 1. The molecule has 1 aliphatic carbocycles. The summed E-state index contributed by atoms with van der Waals surface area (Å²) in [6.45, 7) is 7.98. The summed E-state index contributed by atoms with van der Waals surface area (Å²) in [5.74, 6) is 2.57. The van der Waals surface area contributed by atoms with Crippen LogP contribution in [0, 0.1) is 13.8 Å². The SMILES string of the molecule is CC.Cc1nc(C2CCC2)oc1C. The Morgan fingerprint density at radius 2 is 1.85 bits per heavy atom. The molecule has 0 unspecified atom stereocenters. The minimum Gasteiger partial charge on any atom is -0.445 e. The van der Waals surface area contributed by atoms with E-state index in [0.29, 0.717) is 5.92 Å². The summed E-state index contributed by atoms with van der Waals surface area (Å²) in [6, 6.07) is 0. The normalized spacial score (nSPS) is 16.0. The Morgan fingerprint density at radius 3 is 2.15 bits per heavy atom. The second-order valence-electron chi connectivity index (χ2n) is 3.32. The van der Waals surface area contributed by atoms with Crippen molar-refractivity contribution in [1.82, 2.24) is 4.98 Å². The minimum absolute atomic E-state index is 0.627. The second-order valence-corrected chi connectivity index (χ2v) is 3.32. The van der Waals surface area contributed by atoms with Gasteiger partial charge in [-0.05, 0) is 26.7 Å². The van der Waals surface area contributed by atoms with Crippen LogP contribution in [0.5, 0.6) is 0 Å². The number of aromatic nitrogens is 1. The Morgan fingerprint density at radius 1 is 1.23 bits per heavy atom. The first-order valence-electron chi connectivity index (χ1n) is 5.21. The fourth-order valence-corrected chi connectivity index (χ4v) is 1.33. The summed E-state index contributed by atoms with van der Waals surface area (Å²) >= 11 is 0. The summed E-state index contributed by atoms with van der Waals surface area (Å²) in [6.07, 6.45) is 3.87. The van der Waals surface area contributed by atoms with Crippen LogP contribution >= 0.6 is 0 Å². The van der Waals surface area contributed by atoms with Crippen molar-refractivity contribution in [3.05, 3.63) is 17.3 Å². The van der Waals surface area contributed by atoms with E-state index in [1.54, 1.807) is 0 Å². The van der Waals surface area contributed by atoms with E-state index in [9.17, 15) is 0 Å². The van der Waals surface area contributed by atoms with Crippen molar-refractivity contribution in [2.75, 3.05) is 0 Å². The van der Waals surface area contributed by atoms with Gasteiger partial charge in [0, 0.05) is 5.92 Å². The van der Waals surface area contributed by atoms with Crippen LogP contribution in [0.2, 0.25) is 0 Å². The predicted molar refractivity (Wildman–Crippen MR) is 53.9 cm³/mol. The van der Waals surface area contributed by atoms with E-state index in [0.717, 1.165) is 17.3 Å². The fraction of sp³-hybridized carbons (Fsp3) is 0.727. The first-order chi connectivity index (χ1) is 6.27. The van der Waals surface area contributed by atoms with Crippen LogP contribution in [-0.4, -0.2) is 4.98 Å². The van der Waals surface area contributed by atoms with Crippen molar-refractivity contribution in [1.29, 1.82) is 0 Å². The van der Waals surface area contributed by atoms with Crippen LogP contribution in [0.15, 0.2) is 4.42 Å². The van der Waals surface area contributed by atoms with Gasteiger partial charge in [0.1, 0.15) is 5.76 Å². The molecule has 2 rings (SSSR count). The molecule has 0 aromatic carbocycles. The Balaban J connectivity index is 0.000000396. The van der Waals surface area contributed by atoms with E-state index < -0.39 is 0 Å². The summed E-state index contributed by atoms with van der Waals surface area (Å²) in [5, 5.41) is 0. The third-order valence-corrected chi connectivity index (χ3v) is 2.50. The van der Waals surface area contributed by atoms with E-state index in [-0.39, 0.29) is 0 Å². The average Bonchev–Trinajstić information content (AvgIpc) is 2.32. The average molecular weight is 181 g/mol. The zero-order chi connectivity index (χ0) is 9.84. The maximum Gasteiger partial charge on any atom is 0.197 e. The largest absolute Gasteiger partial charge is 0.445 e. The van der Waals surface area contributed by atoms with Gasteiger partial charge in [-0.1, -0.05) is 20.3 Å². The zero-order valence-corrected chi connectivity index (χ0v) is 9.05. The number of hydrogen-bond donors (Lipinski definition) is 0. The molecule has 1 heterocycles. The van der Waals surface area contributed by atoms with Gasteiger partial charge in [0.25, 0.3) is 0 Å². The topological polar surface area (TPSA) is 26.0 Å². The number of hydrogen-bond acceptors (Lipinski definition) is 2. The summed E-state index contributed by atoms with van der Waals surface area (Å²) in [5.41, 5.74) is 1.05. The molecule has 1 saturated carbocycles. The number of oxazole rings is 1. The summed E-state index contributed by atoms with van der Waals surface area (Å²) in [4.78, 5) is 4.37. The predicted octanol–water partition coefficient (Wildman–Crippen LogP) is 3.59. The maximum absolute atomic E-state index is 5.51. The van der Waals surface area contributed by atoms with Gasteiger partial charge in [0.2, 0.25) is 0 Å². The Hall–Kier alpha value is -0.790. The highest BCUT2D eigenvalue weighted by Crippen LogP contribution is 2.36. The van der Waals surface area contributed by atoms with Gasteiger partial charge >= 0.3 is 0 Å². The van der Waals surface area contributed by atoms with Gasteiger partial charge in [-0.3, -0.25) is 0 Å². The first-order valence-corrected chi connectivity index (χ1v) is 5.21. The Bertz CT molecular complexity index is 242. The summed E-state index contributed by atoms with van der Waals surface area (Å²) < 4.78 is 5.51. The molecule has 0 N–H and O–H groups in total. The van der Waals surface area contributed by atoms with Crippen LogP contribution in [0.25, 0.3) is 0 Å². The molecule has 13 heavy (non-hydrogen) atoms. The van der Waals surface area contributed by atoms with Crippen LogP contribution < -0.4 is 0 Å². The summed E-state index contributed by atoms with van der Waals surface area (Å²) in [7, 11) is 0. The van der Waals surface area contributed by atoms with Gasteiger partial charge < -0.3 is 4.42 Å². The molecule has 0 aliphatic heterocycles. The van der Waals surface area contributed by atoms with Gasteiger partial charge in [0.15, 0.2) is 5.89 Å². The molecule has 2 heteroatoms. The minimum atomic E-state index is 0.627. The quantitative estimate of drug-likeness (QED) is 0.661. The highest BCUT2D eigenvalue weighted by atomic mass is 16.4. The molecule has 2 nitrogen and oxygen atoms in total. The van der Waals surface area contributed by atoms with E-state index >= 15 is 0 Å². The fourth-order valence-electron chi connectivity index (χ4n) is 1.33. The van der Waals surface area contributed by atoms with Gasteiger partial charge in [-0.15, -0.1) is 0 Å². The Labute approximate surface area is 80.4 Å². The Kier molecular flexibility index (Phi) is 3.52. The molecule has 74 valence electrons. The van der Waals surface area contributed by atoms with Crippen LogP contribution in [-0.2, 0) is 0 Å². The third kappa shape index (κ3) is 2.11. The molecule has 0 spiro atoms. The third-order valence-electron chi connectivity index (χ3n) is 2.50. The molecule has 0 saturated heterocycles. The molecule has 1 aliphatic rings. The lowest BCUT2D eigenvalue weighted by Crippen LogP contribution is -2.08. The van der Waals surface area contributed by atoms with Crippen LogP contribution in [0.1, 0.15) is 56.4 Å². The van der Waals surface area contributed by atoms with Crippen molar-refractivity contribution < 1.29 is 4.42 Å². The van der Waals surface area contributed by atoms with Crippen molar-refractivity contribution in [3.63, 3.8) is 0 Å². The zero-order valence-electron chi connectivity index (χ0n) is 9.05. The van der Waals surface area contributed by atoms with Crippen molar-refractivity contribution >= 4 is 0 Å². The molecule has 1 aromatic heterocycles. The highest BCUT2D eigenvalue weighted by molar-refractivity contribution is 5.09. The highest BCUT2D eigenvalue weighted by Gasteiger charge is 2.24. The lowest BCUT2D eigenvalue weighted by molar-refractivity contribution is 0.329. The standard InChI is InChI=1S/C9H13NO.C2H6/c1-6-7(2)11-9(10-6)8-4-3-5-8;1-2/h8H,3-5H2,1-2H3;1-2H3. The lowest BCUT2D eigenvalue weighted by Gasteiger charge is -2.21.